The van der Waals surface area contributed by atoms with Gasteiger partial charge in [-0.1, -0.05) is 40.5 Å². The average molecular weight is 283 g/mol. The van der Waals surface area contributed by atoms with Gasteiger partial charge in [0.25, 0.3) is 0 Å². The average Bonchev–Trinajstić information content (AvgIpc) is 2.73. The van der Waals surface area contributed by atoms with Crippen LogP contribution in [-0.4, -0.2) is 23.5 Å². The van der Waals surface area contributed by atoms with E-state index in [1.165, 1.54) is 0 Å². The van der Waals surface area contributed by atoms with Crippen LogP contribution in [0.2, 0.25) is 0 Å². The summed E-state index contributed by atoms with van der Waals surface area (Å²) in [5.41, 5.74) is -0.247. The third-order valence-electron chi connectivity index (χ3n) is 5.03. The zero-order valence-corrected chi connectivity index (χ0v) is 13.3. The molecule has 4 heteroatoms. The van der Waals surface area contributed by atoms with Gasteiger partial charge in [0.2, 0.25) is 5.91 Å². The van der Waals surface area contributed by atoms with Crippen LogP contribution >= 0.6 is 0 Å². The molecule has 2 N–H and O–H groups in total. The summed E-state index contributed by atoms with van der Waals surface area (Å²) in [6, 6.07) is 0. The van der Waals surface area contributed by atoms with Crippen molar-refractivity contribution in [2.75, 3.05) is 6.54 Å². The van der Waals surface area contributed by atoms with Crippen LogP contribution in [-0.2, 0) is 9.59 Å². The highest BCUT2D eigenvalue weighted by molar-refractivity contribution is 5.78. The first-order valence-corrected chi connectivity index (χ1v) is 7.65. The highest BCUT2D eigenvalue weighted by Crippen LogP contribution is 2.44. The number of rotatable bonds is 7. The Morgan fingerprint density at radius 3 is 2.20 bits per heavy atom. The molecule has 1 rings (SSSR count). The number of hydrogen-bond donors (Lipinski definition) is 2. The lowest BCUT2D eigenvalue weighted by molar-refractivity contribution is -0.140. The molecule has 0 atom stereocenters. The zero-order chi connectivity index (χ0) is 15.4. The molecule has 0 heterocycles. The molecule has 0 radical (unpaired) electrons. The lowest BCUT2D eigenvalue weighted by Gasteiger charge is -2.31. The molecule has 1 saturated carbocycles. The largest absolute Gasteiger partial charge is 0.481 e. The smallest absolute Gasteiger partial charge is 0.303 e. The van der Waals surface area contributed by atoms with Gasteiger partial charge >= 0.3 is 5.97 Å². The van der Waals surface area contributed by atoms with Gasteiger partial charge in [-0.05, 0) is 29.6 Å². The van der Waals surface area contributed by atoms with E-state index in [1.807, 2.05) is 0 Å². The predicted octanol–water partition coefficient (Wildman–Crippen LogP) is 3.21. The molecule has 0 aromatic rings. The van der Waals surface area contributed by atoms with E-state index in [4.69, 9.17) is 5.11 Å². The van der Waals surface area contributed by atoms with Gasteiger partial charge < -0.3 is 10.4 Å². The fourth-order valence-electron chi connectivity index (χ4n) is 2.80. The summed E-state index contributed by atoms with van der Waals surface area (Å²) in [4.78, 5) is 23.2. The quantitative estimate of drug-likeness (QED) is 0.754. The van der Waals surface area contributed by atoms with Gasteiger partial charge in [-0.15, -0.1) is 0 Å². The van der Waals surface area contributed by atoms with Crippen LogP contribution in [0.25, 0.3) is 0 Å². The monoisotopic (exact) mass is 283 g/mol. The van der Waals surface area contributed by atoms with Crippen molar-refractivity contribution >= 4 is 11.9 Å². The molecule has 116 valence electrons. The third kappa shape index (κ3) is 4.80. The van der Waals surface area contributed by atoms with Gasteiger partial charge in [-0.25, -0.2) is 0 Å². The van der Waals surface area contributed by atoms with E-state index in [0.29, 0.717) is 18.9 Å². The van der Waals surface area contributed by atoms with Crippen LogP contribution in [0, 0.1) is 16.7 Å². The highest BCUT2D eigenvalue weighted by Gasteiger charge is 2.38. The fourth-order valence-corrected chi connectivity index (χ4v) is 2.80. The normalized spacial score (nSPS) is 18.2. The molecule has 0 aromatic heterocycles. The summed E-state index contributed by atoms with van der Waals surface area (Å²) >= 11 is 0. The summed E-state index contributed by atoms with van der Waals surface area (Å²) in [5, 5.41) is 12.0. The molecule has 1 fully saturated rings. The molecule has 0 aliphatic heterocycles. The maximum absolute atomic E-state index is 12.2. The molecule has 1 aliphatic rings. The van der Waals surface area contributed by atoms with Gasteiger partial charge in [0, 0.05) is 13.0 Å². The van der Waals surface area contributed by atoms with E-state index in [9.17, 15) is 9.59 Å². The first kappa shape index (κ1) is 17.0. The molecule has 1 aliphatic carbocycles. The van der Waals surface area contributed by atoms with Crippen molar-refractivity contribution in [1.82, 2.24) is 5.32 Å². The molecule has 0 unspecified atom stereocenters. The fraction of sp³-hybridized carbons (Fsp3) is 0.875. The Bertz CT molecular complexity index is 355. The van der Waals surface area contributed by atoms with Crippen molar-refractivity contribution in [2.45, 2.75) is 66.2 Å². The summed E-state index contributed by atoms with van der Waals surface area (Å²) in [7, 11) is 0. The van der Waals surface area contributed by atoms with Crippen molar-refractivity contribution in [3.8, 4) is 0 Å². The van der Waals surface area contributed by atoms with Crippen molar-refractivity contribution in [3.05, 3.63) is 0 Å². The third-order valence-corrected chi connectivity index (χ3v) is 5.03. The summed E-state index contributed by atoms with van der Waals surface area (Å²) in [6.45, 7) is 9.22. The number of carboxylic acids is 1. The van der Waals surface area contributed by atoms with Crippen molar-refractivity contribution in [2.24, 2.45) is 16.7 Å². The van der Waals surface area contributed by atoms with Crippen LogP contribution in [0.1, 0.15) is 66.2 Å². The minimum absolute atomic E-state index is 0.00174. The topological polar surface area (TPSA) is 66.4 Å². The Kier molecular flexibility index (Phi) is 5.60. The second kappa shape index (κ2) is 6.59. The van der Waals surface area contributed by atoms with Crippen molar-refractivity contribution in [3.63, 3.8) is 0 Å². The number of carbonyl (C=O) groups is 2. The van der Waals surface area contributed by atoms with Gasteiger partial charge in [0.15, 0.2) is 0 Å². The van der Waals surface area contributed by atoms with E-state index in [1.54, 1.807) is 0 Å². The molecule has 0 spiro atoms. The van der Waals surface area contributed by atoms with Gasteiger partial charge in [0.05, 0.1) is 6.42 Å². The summed E-state index contributed by atoms with van der Waals surface area (Å²) < 4.78 is 0. The lowest BCUT2D eigenvalue weighted by atomic mass is 9.78. The van der Waals surface area contributed by atoms with Crippen LogP contribution in [0.4, 0.5) is 0 Å². The van der Waals surface area contributed by atoms with Gasteiger partial charge in [0.1, 0.15) is 0 Å². The molecule has 0 bridgehead atoms. The maximum atomic E-state index is 12.2. The Morgan fingerprint density at radius 2 is 1.75 bits per heavy atom. The Hall–Kier alpha value is -1.06. The Morgan fingerprint density at radius 1 is 1.20 bits per heavy atom. The van der Waals surface area contributed by atoms with Crippen molar-refractivity contribution < 1.29 is 14.7 Å². The number of amides is 1. The standard InChI is InChI=1S/C16H29NO3/c1-12(2)15(3,4)11-17-13(18)9-16(10-14(19)20)7-5-6-8-16/h12H,5-11H2,1-4H3,(H,17,18)(H,19,20). The Labute approximate surface area is 122 Å². The van der Waals surface area contributed by atoms with Gasteiger partial charge in [-0.3, -0.25) is 9.59 Å². The minimum Gasteiger partial charge on any atom is -0.481 e. The lowest BCUT2D eigenvalue weighted by Crippen LogP contribution is -2.39. The molecule has 4 nitrogen and oxygen atoms in total. The van der Waals surface area contributed by atoms with Gasteiger partial charge in [-0.2, -0.15) is 0 Å². The maximum Gasteiger partial charge on any atom is 0.303 e. The molecular formula is C16H29NO3. The van der Waals surface area contributed by atoms with E-state index in [0.717, 1.165) is 25.7 Å². The predicted molar refractivity (Wildman–Crippen MR) is 79.4 cm³/mol. The highest BCUT2D eigenvalue weighted by atomic mass is 16.4. The van der Waals surface area contributed by atoms with E-state index >= 15 is 0 Å². The number of hydrogen-bond acceptors (Lipinski definition) is 2. The van der Waals surface area contributed by atoms with Crippen LogP contribution in [0.3, 0.4) is 0 Å². The van der Waals surface area contributed by atoms with Crippen LogP contribution in [0.5, 0.6) is 0 Å². The molecule has 0 saturated heterocycles. The van der Waals surface area contributed by atoms with E-state index < -0.39 is 5.97 Å². The Balaban J connectivity index is 2.53. The molecule has 1 amide bonds. The second-order valence-corrected chi connectivity index (χ2v) is 7.37. The first-order chi connectivity index (χ1) is 9.17. The second-order valence-electron chi connectivity index (χ2n) is 7.37. The zero-order valence-electron chi connectivity index (χ0n) is 13.3. The number of carboxylic acid groups (broad SMARTS) is 1. The van der Waals surface area contributed by atoms with Crippen LogP contribution in [0.15, 0.2) is 0 Å². The van der Waals surface area contributed by atoms with E-state index in [-0.39, 0.29) is 23.2 Å². The summed E-state index contributed by atoms with van der Waals surface area (Å²) in [5.74, 6) is -0.300. The number of aliphatic carboxylic acids is 1. The molecule has 20 heavy (non-hydrogen) atoms. The summed E-state index contributed by atoms with van der Waals surface area (Å²) in [6.07, 6.45) is 4.28. The molecule has 0 aromatic carbocycles. The SMILES string of the molecule is CC(C)C(C)(C)CNC(=O)CC1(CC(=O)O)CCCC1. The number of carbonyl (C=O) groups excluding carboxylic acids is 1. The minimum atomic E-state index is -0.790. The van der Waals surface area contributed by atoms with Crippen molar-refractivity contribution in [1.29, 1.82) is 0 Å². The van der Waals surface area contributed by atoms with E-state index in [2.05, 4.69) is 33.0 Å². The number of nitrogens with one attached hydrogen (secondary N) is 1. The first-order valence-electron chi connectivity index (χ1n) is 7.65. The molecular weight excluding hydrogens is 254 g/mol. The van der Waals surface area contributed by atoms with Crippen LogP contribution < -0.4 is 5.32 Å².